The molecule has 0 bridgehead atoms. The first-order valence-electron chi connectivity index (χ1n) is 8.65. The number of hydrogen-bond donors (Lipinski definition) is 1. The van der Waals surface area contributed by atoms with Crippen molar-refractivity contribution in [3.05, 3.63) is 71.9 Å². The first-order chi connectivity index (χ1) is 11.7. The summed E-state index contributed by atoms with van der Waals surface area (Å²) in [5, 5.41) is 1.23. The topological polar surface area (TPSA) is 36.1 Å². The van der Waals surface area contributed by atoms with Crippen molar-refractivity contribution in [2.75, 3.05) is 0 Å². The van der Waals surface area contributed by atoms with E-state index in [0.717, 1.165) is 18.4 Å². The molecule has 3 heteroatoms. The lowest BCUT2D eigenvalue weighted by molar-refractivity contribution is -0.132. The van der Waals surface area contributed by atoms with Crippen LogP contribution >= 0.6 is 0 Å². The van der Waals surface area contributed by atoms with Gasteiger partial charge in [0.25, 0.3) is 0 Å². The summed E-state index contributed by atoms with van der Waals surface area (Å²) in [6.45, 7) is 2.87. The molecule has 24 heavy (non-hydrogen) atoms. The van der Waals surface area contributed by atoms with E-state index in [1.165, 1.54) is 16.5 Å². The Kier molecular flexibility index (Phi) is 3.64. The summed E-state index contributed by atoms with van der Waals surface area (Å²) in [4.78, 5) is 18.2. The molecule has 1 saturated heterocycles. The number of nitrogens with zero attached hydrogens (tertiary/aromatic N) is 1. The van der Waals surface area contributed by atoms with Crippen LogP contribution in [-0.4, -0.2) is 15.8 Å². The molecular weight excluding hydrogens is 296 g/mol. The highest BCUT2D eigenvalue weighted by Gasteiger charge is 2.46. The number of benzene rings is 2. The molecule has 0 saturated carbocycles. The number of aromatic amines is 1. The minimum Gasteiger partial charge on any atom is -0.361 e. The van der Waals surface area contributed by atoms with E-state index in [9.17, 15) is 4.79 Å². The van der Waals surface area contributed by atoms with Crippen molar-refractivity contribution < 1.29 is 4.79 Å². The molecule has 1 N–H and O–H groups in total. The number of carbonyl (C=O) groups is 1. The van der Waals surface area contributed by atoms with E-state index in [1.807, 2.05) is 24.3 Å². The zero-order valence-electron chi connectivity index (χ0n) is 14.0. The molecule has 0 radical (unpaired) electrons. The Labute approximate surface area is 142 Å². The zero-order chi connectivity index (χ0) is 16.6. The third-order valence-electron chi connectivity index (χ3n) is 5.43. The van der Waals surface area contributed by atoms with E-state index in [-0.39, 0.29) is 11.4 Å². The molecular formula is C21H22N2O. The molecule has 1 atom stereocenters. The predicted molar refractivity (Wildman–Crippen MR) is 96.5 cm³/mol. The van der Waals surface area contributed by atoms with Crippen molar-refractivity contribution in [1.29, 1.82) is 0 Å². The van der Waals surface area contributed by atoms with Crippen LogP contribution in [0.15, 0.2) is 60.8 Å². The van der Waals surface area contributed by atoms with Gasteiger partial charge < -0.3 is 9.88 Å². The fourth-order valence-corrected chi connectivity index (χ4v) is 4.12. The maximum absolute atomic E-state index is 12.7. The van der Waals surface area contributed by atoms with Gasteiger partial charge in [0.1, 0.15) is 0 Å². The Balaban J connectivity index is 1.81. The smallest absolute Gasteiger partial charge is 0.223 e. The summed E-state index contributed by atoms with van der Waals surface area (Å²) in [5.41, 5.74) is 3.36. The Hall–Kier alpha value is -2.55. The average Bonchev–Trinajstić information content (AvgIpc) is 3.19. The molecule has 1 aromatic heterocycles. The number of likely N-dealkylation sites (tertiary alicyclic amines) is 1. The molecule has 1 amide bonds. The Morgan fingerprint density at radius 1 is 1.08 bits per heavy atom. The molecule has 0 aliphatic carbocycles. The number of amides is 1. The maximum atomic E-state index is 12.7. The lowest BCUT2D eigenvalue weighted by Gasteiger charge is -2.38. The summed E-state index contributed by atoms with van der Waals surface area (Å²) in [5.74, 6) is 0.256. The van der Waals surface area contributed by atoms with Gasteiger partial charge in [0.05, 0.1) is 5.54 Å². The van der Waals surface area contributed by atoms with Crippen molar-refractivity contribution in [2.45, 2.75) is 38.3 Å². The van der Waals surface area contributed by atoms with Crippen LogP contribution < -0.4 is 0 Å². The third kappa shape index (κ3) is 2.23. The van der Waals surface area contributed by atoms with Crippen LogP contribution in [0.1, 0.15) is 37.3 Å². The van der Waals surface area contributed by atoms with Gasteiger partial charge in [0, 0.05) is 35.6 Å². The molecule has 4 rings (SSSR count). The van der Waals surface area contributed by atoms with Crippen LogP contribution in [0.3, 0.4) is 0 Å². The van der Waals surface area contributed by atoms with Crippen molar-refractivity contribution in [1.82, 2.24) is 9.88 Å². The number of para-hydroxylation sites is 1. The lowest BCUT2D eigenvalue weighted by atomic mass is 9.84. The second-order valence-electron chi connectivity index (χ2n) is 6.60. The van der Waals surface area contributed by atoms with E-state index in [4.69, 9.17) is 0 Å². The van der Waals surface area contributed by atoms with Crippen LogP contribution in [0.2, 0.25) is 0 Å². The van der Waals surface area contributed by atoms with Gasteiger partial charge in [-0.1, -0.05) is 55.5 Å². The fourth-order valence-electron chi connectivity index (χ4n) is 4.12. The summed E-state index contributed by atoms with van der Waals surface area (Å²) in [6, 6.07) is 18.7. The van der Waals surface area contributed by atoms with Crippen molar-refractivity contribution >= 4 is 16.8 Å². The van der Waals surface area contributed by atoms with E-state index in [1.54, 1.807) is 0 Å². The number of fused-ring (bicyclic) bond motifs is 1. The van der Waals surface area contributed by atoms with Gasteiger partial charge in [-0.3, -0.25) is 4.79 Å². The highest BCUT2D eigenvalue weighted by molar-refractivity contribution is 5.87. The monoisotopic (exact) mass is 318 g/mol. The number of carbonyl (C=O) groups excluding carboxylic acids is 1. The van der Waals surface area contributed by atoms with Crippen LogP contribution in [0, 0.1) is 0 Å². The van der Waals surface area contributed by atoms with Gasteiger partial charge in [-0.2, -0.15) is 0 Å². The van der Waals surface area contributed by atoms with Crippen LogP contribution in [0.5, 0.6) is 0 Å². The molecule has 1 aliphatic rings. The molecule has 1 fully saturated rings. The van der Waals surface area contributed by atoms with E-state index in [0.29, 0.717) is 13.0 Å². The molecule has 0 spiro atoms. The van der Waals surface area contributed by atoms with Gasteiger partial charge in [-0.25, -0.2) is 0 Å². The first kappa shape index (κ1) is 15.0. The molecule has 3 nitrogen and oxygen atoms in total. The normalized spacial score (nSPS) is 20.9. The summed E-state index contributed by atoms with van der Waals surface area (Å²) >= 11 is 0. The average molecular weight is 318 g/mol. The highest BCUT2D eigenvalue weighted by Crippen LogP contribution is 2.45. The fraction of sp³-hybridized carbons (Fsp3) is 0.286. The number of hydrogen-bond acceptors (Lipinski definition) is 1. The standard InChI is InChI=1S/C21H22N2O/c1-2-21(18-14-22-19-11-7-6-10-17(18)19)13-12-20(24)23(21)15-16-8-4-3-5-9-16/h3-11,14,22H,2,12-13,15H2,1H3. The van der Waals surface area contributed by atoms with Crippen LogP contribution in [-0.2, 0) is 16.9 Å². The lowest BCUT2D eigenvalue weighted by Crippen LogP contribution is -2.42. The minimum absolute atomic E-state index is 0.216. The van der Waals surface area contributed by atoms with Gasteiger partial charge in [0.2, 0.25) is 5.91 Å². The van der Waals surface area contributed by atoms with Crippen molar-refractivity contribution in [3.63, 3.8) is 0 Å². The molecule has 1 unspecified atom stereocenters. The SMILES string of the molecule is CCC1(c2c[nH]c3ccccc23)CCC(=O)N1Cc1ccccc1. The quantitative estimate of drug-likeness (QED) is 0.750. The number of aromatic nitrogens is 1. The molecule has 122 valence electrons. The van der Waals surface area contributed by atoms with Crippen LogP contribution in [0.4, 0.5) is 0 Å². The van der Waals surface area contributed by atoms with E-state index < -0.39 is 0 Å². The molecule has 2 heterocycles. The number of rotatable bonds is 4. The van der Waals surface area contributed by atoms with Crippen molar-refractivity contribution in [2.24, 2.45) is 0 Å². The highest BCUT2D eigenvalue weighted by atomic mass is 16.2. The second-order valence-corrected chi connectivity index (χ2v) is 6.60. The van der Waals surface area contributed by atoms with Crippen molar-refractivity contribution in [3.8, 4) is 0 Å². The van der Waals surface area contributed by atoms with Crippen LogP contribution in [0.25, 0.3) is 10.9 Å². The Morgan fingerprint density at radius 3 is 2.62 bits per heavy atom. The third-order valence-corrected chi connectivity index (χ3v) is 5.43. The Bertz CT molecular complexity index is 868. The summed E-state index contributed by atoms with van der Waals surface area (Å²) < 4.78 is 0. The predicted octanol–water partition coefficient (Wildman–Crippen LogP) is 4.60. The van der Waals surface area contributed by atoms with Gasteiger partial charge in [0.15, 0.2) is 0 Å². The summed E-state index contributed by atoms with van der Waals surface area (Å²) in [7, 11) is 0. The largest absolute Gasteiger partial charge is 0.361 e. The number of nitrogens with one attached hydrogen (secondary N) is 1. The molecule has 2 aromatic carbocycles. The van der Waals surface area contributed by atoms with Gasteiger partial charge >= 0.3 is 0 Å². The second kappa shape index (κ2) is 5.82. The zero-order valence-corrected chi connectivity index (χ0v) is 14.0. The van der Waals surface area contributed by atoms with Gasteiger partial charge in [-0.05, 0) is 24.5 Å². The summed E-state index contributed by atoms with van der Waals surface area (Å²) in [6.07, 6.45) is 4.54. The minimum atomic E-state index is -0.216. The molecule has 3 aromatic rings. The first-order valence-corrected chi connectivity index (χ1v) is 8.65. The molecule has 1 aliphatic heterocycles. The van der Waals surface area contributed by atoms with E-state index in [2.05, 4.69) is 53.3 Å². The Morgan fingerprint density at radius 2 is 1.83 bits per heavy atom. The van der Waals surface area contributed by atoms with E-state index >= 15 is 0 Å². The maximum Gasteiger partial charge on any atom is 0.223 e. The van der Waals surface area contributed by atoms with Gasteiger partial charge in [-0.15, -0.1) is 0 Å². The number of H-pyrrole nitrogens is 1.